The minimum atomic E-state index is 0.497. The zero-order valence-corrected chi connectivity index (χ0v) is 9.87. The van der Waals surface area contributed by atoms with Crippen LogP contribution >= 0.6 is 11.6 Å². The molecule has 0 saturated heterocycles. The number of ether oxygens (including phenoxy) is 2. The van der Waals surface area contributed by atoms with Crippen molar-refractivity contribution in [1.82, 2.24) is 5.16 Å². The first-order chi connectivity index (χ1) is 7.80. The third-order valence-corrected chi connectivity index (χ3v) is 2.56. The number of aryl methyl sites for hydroxylation is 1. The summed E-state index contributed by atoms with van der Waals surface area (Å²) in [5, 5.41) is 4.84. The van der Waals surface area contributed by atoms with Crippen molar-refractivity contribution >= 4 is 22.6 Å². The van der Waals surface area contributed by atoms with Crippen molar-refractivity contribution in [2.45, 2.75) is 6.42 Å². The lowest BCUT2D eigenvalue weighted by Crippen LogP contribution is -1.91. The van der Waals surface area contributed by atoms with Gasteiger partial charge in [0.15, 0.2) is 5.58 Å². The Kier molecular flexibility index (Phi) is 3.19. The molecule has 1 heterocycles. The maximum atomic E-state index is 5.70. The Bertz CT molecular complexity index is 495. The van der Waals surface area contributed by atoms with Crippen LogP contribution in [-0.2, 0) is 6.42 Å². The predicted octanol–water partition coefficient (Wildman–Crippen LogP) is 2.63. The van der Waals surface area contributed by atoms with Gasteiger partial charge in [-0.2, -0.15) is 0 Å². The van der Waals surface area contributed by atoms with Gasteiger partial charge in [-0.3, -0.25) is 0 Å². The van der Waals surface area contributed by atoms with Crippen molar-refractivity contribution in [3.05, 3.63) is 17.8 Å². The van der Waals surface area contributed by atoms with Crippen LogP contribution in [0.25, 0.3) is 11.0 Å². The molecule has 1 aromatic heterocycles. The van der Waals surface area contributed by atoms with Crippen LogP contribution in [-0.4, -0.2) is 25.3 Å². The van der Waals surface area contributed by atoms with Crippen LogP contribution in [0.15, 0.2) is 16.7 Å². The number of halogens is 1. The van der Waals surface area contributed by atoms with Crippen LogP contribution in [0, 0.1) is 0 Å². The smallest absolute Gasteiger partial charge is 0.174 e. The molecular formula is C11H12ClNO3. The molecular weight excluding hydrogens is 230 g/mol. The predicted molar refractivity (Wildman–Crippen MR) is 61.5 cm³/mol. The molecule has 0 bridgehead atoms. The average Bonchev–Trinajstić information content (AvgIpc) is 2.72. The summed E-state index contributed by atoms with van der Waals surface area (Å²) in [5.74, 6) is 1.87. The Balaban J connectivity index is 2.62. The van der Waals surface area contributed by atoms with E-state index in [9.17, 15) is 0 Å². The monoisotopic (exact) mass is 241 g/mol. The van der Waals surface area contributed by atoms with Gasteiger partial charge in [-0.15, -0.1) is 11.6 Å². The Morgan fingerprint density at radius 3 is 2.75 bits per heavy atom. The fourth-order valence-corrected chi connectivity index (χ4v) is 1.79. The quantitative estimate of drug-likeness (QED) is 0.772. The van der Waals surface area contributed by atoms with Gasteiger partial charge in [-0.05, 0) is 0 Å². The SMILES string of the molecule is COc1cc(OC)c2c(CCCl)noc2c1. The topological polar surface area (TPSA) is 44.5 Å². The number of aromatic nitrogens is 1. The van der Waals surface area contributed by atoms with E-state index in [2.05, 4.69) is 5.16 Å². The zero-order valence-electron chi connectivity index (χ0n) is 9.12. The number of nitrogens with zero attached hydrogens (tertiary/aromatic N) is 1. The van der Waals surface area contributed by atoms with Crippen molar-refractivity contribution in [2.24, 2.45) is 0 Å². The summed E-state index contributed by atoms with van der Waals surface area (Å²) in [6, 6.07) is 3.58. The lowest BCUT2D eigenvalue weighted by atomic mass is 10.1. The normalized spacial score (nSPS) is 10.7. The van der Waals surface area contributed by atoms with Crippen LogP contribution in [0.5, 0.6) is 11.5 Å². The van der Waals surface area contributed by atoms with E-state index in [1.165, 1.54) is 0 Å². The van der Waals surface area contributed by atoms with Gasteiger partial charge in [-0.25, -0.2) is 0 Å². The molecule has 0 aliphatic heterocycles. The van der Waals surface area contributed by atoms with Gasteiger partial charge < -0.3 is 14.0 Å². The van der Waals surface area contributed by atoms with Crippen LogP contribution in [0.3, 0.4) is 0 Å². The molecule has 0 aliphatic carbocycles. The summed E-state index contributed by atoms with van der Waals surface area (Å²) in [4.78, 5) is 0. The first-order valence-corrected chi connectivity index (χ1v) is 5.40. The fourth-order valence-electron chi connectivity index (χ4n) is 1.61. The highest BCUT2D eigenvalue weighted by Gasteiger charge is 2.14. The number of benzene rings is 1. The maximum Gasteiger partial charge on any atom is 0.174 e. The number of hydrogen-bond acceptors (Lipinski definition) is 4. The Morgan fingerprint density at radius 2 is 2.12 bits per heavy atom. The van der Waals surface area contributed by atoms with Gasteiger partial charge in [0.2, 0.25) is 0 Å². The van der Waals surface area contributed by atoms with Crippen LogP contribution in [0.4, 0.5) is 0 Å². The van der Waals surface area contributed by atoms with E-state index in [0.29, 0.717) is 29.4 Å². The van der Waals surface area contributed by atoms with Crippen LogP contribution < -0.4 is 9.47 Å². The summed E-state index contributed by atoms with van der Waals surface area (Å²) < 4.78 is 15.7. The molecule has 0 unspecified atom stereocenters. The highest BCUT2D eigenvalue weighted by atomic mass is 35.5. The second-order valence-corrected chi connectivity index (χ2v) is 3.65. The minimum absolute atomic E-state index is 0.497. The van der Waals surface area contributed by atoms with Crippen LogP contribution in [0.1, 0.15) is 5.69 Å². The highest BCUT2D eigenvalue weighted by Crippen LogP contribution is 2.33. The molecule has 0 aliphatic rings. The molecule has 0 amide bonds. The summed E-state index contributed by atoms with van der Waals surface area (Å²) >= 11 is 5.70. The fraction of sp³-hybridized carbons (Fsp3) is 0.364. The molecule has 0 fully saturated rings. The van der Waals surface area contributed by atoms with Gasteiger partial charge in [0.1, 0.15) is 11.5 Å². The molecule has 5 heteroatoms. The summed E-state index contributed by atoms with van der Waals surface area (Å²) in [5.41, 5.74) is 1.46. The third-order valence-electron chi connectivity index (χ3n) is 2.37. The first-order valence-electron chi connectivity index (χ1n) is 4.86. The van der Waals surface area contributed by atoms with Gasteiger partial charge in [0.25, 0.3) is 0 Å². The molecule has 1 aromatic carbocycles. The molecule has 86 valence electrons. The van der Waals surface area contributed by atoms with E-state index >= 15 is 0 Å². The van der Waals surface area contributed by atoms with E-state index in [1.54, 1.807) is 26.4 Å². The molecule has 0 saturated carbocycles. The van der Waals surface area contributed by atoms with Crippen molar-refractivity contribution in [3.8, 4) is 11.5 Å². The second kappa shape index (κ2) is 4.61. The molecule has 4 nitrogen and oxygen atoms in total. The Hall–Kier alpha value is -1.42. The molecule has 0 spiro atoms. The van der Waals surface area contributed by atoms with E-state index in [-0.39, 0.29) is 0 Å². The zero-order chi connectivity index (χ0) is 11.5. The lowest BCUT2D eigenvalue weighted by Gasteiger charge is -2.05. The van der Waals surface area contributed by atoms with Gasteiger partial charge >= 0.3 is 0 Å². The van der Waals surface area contributed by atoms with Crippen molar-refractivity contribution in [1.29, 1.82) is 0 Å². The van der Waals surface area contributed by atoms with Gasteiger partial charge in [-0.1, -0.05) is 5.16 Å². The number of fused-ring (bicyclic) bond motifs is 1. The largest absolute Gasteiger partial charge is 0.496 e. The van der Waals surface area contributed by atoms with Crippen molar-refractivity contribution < 1.29 is 14.0 Å². The third kappa shape index (κ3) is 1.80. The molecule has 2 aromatic rings. The van der Waals surface area contributed by atoms with E-state index < -0.39 is 0 Å². The number of rotatable bonds is 4. The van der Waals surface area contributed by atoms with Crippen molar-refractivity contribution in [2.75, 3.05) is 20.1 Å². The Morgan fingerprint density at radius 1 is 1.31 bits per heavy atom. The van der Waals surface area contributed by atoms with Crippen LogP contribution in [0.2, 0.25) is 0 Å². The maximum absolute atomic E-state index is 5.70. The molecule has 0 atom stereocenters. The highest BCUT2D eigenvalue weighted by molar-refractivity contribution is 6.18. The summed E-state index contributed by atoms with van der Waals surface area (Å²) in [6.07, 6.45) is 0.650. The minimum Gasteiger partial charge on any atom is -0.496 e. The molecule has 16 heavy (non-hydrogen) atoms. The summed E-state index contributed by atoms with van der Waals surface area (Å²) in [7, 11) is 3.20. The van der Waals surface area contributed by atoms with E-state index in [0.717, 1.165) is 11.1 Å². The van der Waals surface area contributed by atoms with Gasteiger partial charge in [0.05, 0.1) is 25.3 Å². The average molecular weight is 242 g/mol. The number of alkyl halides is 1. The second-order valence-electron chi connectivity index (χ2n) is 3.27. The van der Waals surface area contributed by atoms with Gasteiger partial charge in [0, 0.05) is 24.4 Å². The molecule has 2 rings (SSSR count). The molecule has 0 radical (unpaired) electrons. The number of hydrogen-bond donors (Lipinski definition) is 0. The van der Waals surface area contributed by atoms with E-state index in [1.807, 2.05) is 0 Å². The van der Waals surface area contributed by atoms with Crippen molar-refractivity contribution in [3.63, 3.8) is 0 Å². The standard InChI is InChI=1S/C11H12ClNO3/c1-14-7-5-9(15-2)11-8(3-4-12)13-16-10(11)6-7/h5-6H,3-4H2,1-2H3. The summed E-state index contributed by atoms with van der Waals surface area (Å²) in [6.45, 7) is 0. The Labute approximate surface area is 98.1 Å². The number of methoxy groups -OCH3 is 2. The first kappa shape index (κ1) is 11.1. The van der Waals surface area contributed by atoms with E-state index in [4.69, 9.17) is 25.6 Å². The lowest BCUT2D eigenvalue weighted by molar-refractivity contribution is 0.395. The molecule has 0 N–H and O–H groups in total.